The van der Waals surface area contributed by atoms with Crippen molar-refractivity contribution in [3.8, 4) is 0 Å². The Kier molecular flexibility index (Phi) is 2.49. The lowest BCUT2D eigenvalue weighted by molar-refractivity contribution is 0.0892. The van der Waals surface area contributed by atoms with Crippen LogP contribution in [0.3, 0.4) is 0 Å². The Balaban J connectivity index is 1.61. The van der Waals surface area contributed by atoms with Crippen molar-refractivity contribution in [2.24, 2.45) is 5.92 Å². The third kappa shape index (κ3) is 1.87. The Labute approximate surface area is 97.2 Å². The van der Waals surface area contributed by atoms with Crippen molar-refractivity contribution >= 4 is 0 Å². The van der Waals surface area contributed by atoms with Crippen LogP contribution in [-0.4, -0.2) is 30.2 Å². The normalized spacial score (nSPS) is 34.2. The van der Waals surface area contributed by atoms with Gasteiger partial charge in [0.1, 0.15) is 0 Å². The summed E-state index contributed by atoms with van der Waals surface area (Å²) in [5, 5.41) is 0. The van der Waals surface area contributed by atoms with E-state index in [1.54, 1.807) is 0 Å². The number of benzene rings is 1. The average molecular weight is 217 g/mol. The lowest BCUT2D eigenvalue weighted by Gasteiger charge is -2.35. The molecular weight excluding hydrogens is 198 g/mol. The number of epoxide rings is 1. The topological polar surface area (TPSA) is 15.8 Å². The number of rotatable bonds is 2. The predicted molar refractivity (Wildman–Crippen MR) is 64.2 cm³/mol. The summed E-state index contributed by atoms with van der Waals surface area (Å²) < 4.78 is 5.62. The molecule has 16 heavy (non-hydrogen) atoms. The summed E-state index contributed by atoms with van der Waals surface area (Å²) in [6, 6.07) is 10.7. The molecule has 2 heteroatoms. The molecule has 0 aliphatic carbocycles. The summed E-state index contributed by atoms with van der Waals surface area (Å²) >= 11 is 0. The molecule has 86 valence electrons. The first-order chi connectivity index (χ1) is 7.78. The molecule has 0 radical (unpaired) electrons. The number of likely N-dealkylation sites (tertiary alicyclic amines) is 1. The van der Waals surface area contributed by atoms with E-state index in [1.807, 2.05) is 0 Å². The number of ether oxygens (including phenoxy) is 1. The second-order valence-corrected chi connectivity index (χ2v) is 5.23. The quantitative estimate of drug-likeness (QED) is 0.706. The lowest BCUT2D eigenvalue weighted by Crippen LogP contribution is -2.43. The van der Waals surface area contributed by atoms with Crippen LogP contribution in [0, 0.1) is 5.92 Å². The van der Waals surface area contributed by atoms with Crippen LogP contribution < -0.4 is 0 Å². The molecule has 0 aromatic heterocycles. The van der Waals surface area contributed by atoms with E-state index in [-0.39, 0.29) is 5.60 Å². The standard InChI is InChI=1S/C14H19NO/c1-12-9-15(8-7-14(12)11-16-14)10-13-5-3-2-4-6-13/h2-6,12H,7-11H2,1H3. The van der Waals surface area contributed by atoms with Gasteiger partial charge in [0.15, 0.2) is 0 Å². The van der Waals surface area contributed by atoms with E-state index >= 15 is 0 Å². The van der Waals surface area contributed by atoms with Gasteiger partial charge in [0, 0.05) is 25.6 Å². The zero-order chi connectivity index (χ0) is 11.0. The van der Waals surface area contributed by atoms with Crippen molar-refractivity contribution < 1.29 is 4.74 Å². The molecule has 0 amide bonds. The van der Waals surface area contributed by atoms with Gasteiger partial charge in [-0.2, -0.15) is 0 Å². The van der Waals surface area contributed by atoms with Crippen LogP contribution in [-0.2, 0) is 11.3 Å². The summed E-state index contributed by atoms with van der Waals surface area (Å²) in [6.45, 7) is 6.76. The molecule has 2 fully saturated rings. The minimum atomic E-state index is 0.271. The van der Waals surface area contributed by atoms with Crippen molar-refractivity contribution in [3.63, 3.8) is 0 Å². The van der Waals surface area contributed by atoms with Crippen molar-refractivity contribution in [2.75, 3.05) is 19.7 Å². The molecule has 2 heterocycles. The van der Waals surface area contributed by atoms with Crippen LogP contribution in [0.5, 0.6) is 0 Å². The molecule has 0 N–H and O–H groups in total. The smallest absolute Gasteiger partial charge is 0.0966 e. The molecule has 2 nitrogen and oxygen atoms in total. The molecule has 1 spiro atoms. The van der Waals surface area contributed by atoms with Gasteiger partial charge in [0.05, 0.1) is 12.2 Å². The Hall–Kier alpha value is -0.860. The van der Waals surface area contributed by atoms with Gasteiger partial charge >= 0.3 is 0 Å². The van der Waals surface area contributed by atoms with Crippen molar-refractivity contribution in [1.29, 1.82) is 0 Å². The number of hydrogen-bond acceptors (Lipinski definition) is 2. The lowest BCUT2D eigenvalue weighted by atomic mass is 9.87. The van der Waals surface area contributed by atoms with Crippen LogP contribution in [0.15, 0.2) is 30.3 Å². The highest BCUT2D eigenvalue weighted by Crippen LogP contribution is 2.42. The van der Waals surface area contributed by atoms with Crippen molar-refractivity contribution in [3.05, 3.63) is 35.9 Å². The predicted octanol–water partition coefficient (Wildman–Crippen LogP) is 2.30. The molecule has 3 rings (SSSR count). The average Bonchev–Trinajstić information content (AvgIpc) is 3.07. The Morgan fingerprint density at radius 1 is 1.38 bits per heavy atom. The van der Waals surface area contributed by atoms with E-state index in [0.29, 0.717) is 5.92 Å². The number of nitrogens with zero attached hydrogens (tertiary/aromatic N) is 1. The van der Waals surface area contributed by atoms with Gasteiger partial charge in [0.25, 0.3) is 0 Å². The first-order valence-electron chi connectivity index (χ1n) is 6.19. The van der Waals surface area contributed by atoms with Crippen LogP contribution in [0.4, 0.5) is 0 Å². The van der Waals surface area contributed by atoms with Crippen LogP contribution in [0.25, 0.3) is 0 Å². The van der Waals surface area contributed by atoms with E-state index in [0.717, 1.165) is 13.2 Å². The van der Waals surface area contributed by atoms with E-state index in [1.165, 1.54) is 25.1 Å². The number of piperidine rings is 1. The highest BCUT2D eigenvalue weighted by atomic mass is 16.6. The molecular formula is C14H19NO. The van der Waals surface area contributed by atoms with Gasteiger partial charge in [-0.05, 0) is 12.0 Å². The maximum Gasteiger partial charge on any atom is 0.0966 e. The third-order valence-electron chi connectivity index (χ3n) is 4.05. The van der Waals surface area contributed by atoms with Crippen LogP contribution in [0.1, 0.15) is 18.9 Å². The summed E-state index contributed by atoms with van der Waals surface area (Å²) in [7, 11) is 0. The SMILES string of the molecule is CC1CN(Cc2ccccc2)CCC12CO2. The van der Waals surface area contributed by atoms with E-state index in [2.05, 4.69) is 42.2 Å². The summed E-state index contributed by atoms with van der Waals surface area (Å²) in [5.74, 6) is 0.685. The minimum absolute atomic E-state index is 0.271. The second kappa shape index (κ2) is 3.86. The maximum absolute atomic E-state index is 5.62. The molecule has 1 aromatic carbocycles. The maximum atomic E-state index is 5.62. The molecule has 0 bridgehead atoms. The van der Waals surface area contributed by atoms with Crippen molar-refractivity contribution in [1.82, 2.24) is 4.90 Å². The van der Waals surface area contributed by atoms with Gasteiger partial charge in [-0.15, -0.1) is 0 Å². The number of hydrogen-bond donors (Lipinski definition) is 0. The summed E-state index contributed by atoms with van der Waals surface area (Å²) in [5.41, 5.74) is 1.69. The third-order valence-corrected chi connectivity index (χ3v) is 4.05. The fourth-order valence-electron chi connectivity index (χ4n) is 2.75. The monoisotopic (exact) mass is 217 g/mol. The first kappa shape index (κ1) is 10.3. The molecule has 2 saturated heterocycles. The van der Waals surface area contributed by atoms with Crippen molar-refractivity contribution in [2.45, 2.75) is 25.5 Å². The van der Waals surface area contributed by atoms with Crippen LogP contribution >= 0.6 is 0 Å². The summed E-state index contributed by atoms with van der Waals surface area (Å²) in [6.07, 6.45) is 1.21. The first-order valence-corrected chi connectivity index (χ1v) is 6.19. The largest absolute Gasteiger partial charge is 0.369 e. The van der Waals surface area contributed by atoms with E-state index in [9.17, 15) is 0 Å². The fourth-order valence-corrected chi connectivity index (χ4v) is 2.75. The molecule has 2 aliphatic heterocycles. The minimum Gasteiger partial charge on any atom is -0.369 e. The van der Waals surface area contributed by atoms with Gasteiger partial charge < -0.3 is 4.74 Å². The molecule has 0 saturated carbocycles. The summed E-state index contributed by atoms with van der Waals surface area (Å²) in [4.78, 5) is 2.55. The van der Waals surface area contributed by atoms with Gasteiger partial charge in [-0.25, -0.2) is 0 Å². The Morgan fingerprint density at radius 2 is 2.12 bits per heavy atom. The van der Waals surface area contributed by atoms with Gasteiger partial charge in [-0.1, -0.05) is 37.3 Å². The van der Waals surface area contributed by atoms with E-state index in [4.69, 9.17) is 4.74 Å². The molecule has 2 unspecified atom stereocenters. The molecule has 2 aliphatic rings. The van der Waals surface area contributed by atoms with Gasteiger partial charge in [-0.3, -0.25) is 4.90 Å². The van der Waals surface area contributed by atoms with Gasteiger partial charge in [0.2, 0.25) is 0 Å². The van der Waals surface area contributed by atoms with Crippen LogP contribution in [0.2, 0.25) is 0 Å². The second-order valence-electron chi connectivity index (χ2n) is 5.23. The molecule has 2 atom stereocenters. The Bertz CT molecular complexity index is 358. The highest BCUT2D eigenvalue weighted by Gasteiger charge is 2.51. The zero-order valence-electron chi connectivity index (χ0n) is 9.86. The molecule has 1 aromatic rings. The zero-order valence-corrected chi connectivity index (χ0v) is 9.86. The fraction of sp³-hybridized carbons (Fsp3) is 0.571. The Morgan fingerprint density at radius 3 is 2.75 bits per heavy atom. The van der Waals surface area contributed by atoms with E-state index < -0.39 is 0 Å². The highest BCUT2D eigenvalue weighted by molar-refractivity contribution is 5.15.